The van der Waals surface area contributed by atoms with Crippen LogP contribution in [0.4, 0.5) is 4.39 Å². The molecule has 3 aromatic rings. The van der Waals surface area contributed by atoms with Gasteiger partial charge in [-0.1, -0.05) is 18.2 Å². The zero-order valence-corrected chi connectivity index (χ0v) is 22.4. The van der Waals surface area contributed by atoms with E-state index in [1.165, 1.54) is 13.2 Å². The molecule has 0 N–H and O–H groups in total. The highest BCUT2D eigenvalue weighted by Gasteiger charge is 2.25. The molecule has 0 spiro atoms. The Hall–Kier alpha value is -2.24. The summed E-state index contributed by atoms with van der Waals surface area (Å²) in [5.74, 6) is 0.186. The maximum absolute atomic E-state index is 13.9. The van der Waals surface area contributed by atoms with Crippen LogP contribution in [-0.4, -0.2) is 19.0 Å². The number of hydrogen-bond acceptors (Lipinski definition) is 5. The molecule has 5 nitrogen and oxygen atoms in total. The minimum atomic E-state index is -0.547. The largest absolute Gasteiger partial charge is 0.493 e. The fraction of sp³-hybridized carbons (Fsp3) is 0.0833. The van der Waals surface area contributed by atoms with Gasteiger partial charge in [0.05, 0.1) is 11.6 Å². The number of methoxy groups -OCH3 is 1. The van der Waals surface area contributed by atoms with E-state index in [9.17, 15) is 9.18 Å². The van der Waals surface area contributed by atoms with Crippen molar-refractivity contribution in [3.05, 3.63) is 95.3 Å². The standard InChI is InChI=1S/C24H15Br2FINO4/c1-31-21-10-13(8-17(26)22(21)32-12-15-4-2-3-5-18(15)27)9-20-24(30)33-23(29-20)14-6-7-19(28)16(25)11-14/h2-11H,12H2,1H3/b20-9-. The predicted molar refractivity (Wildman–Crippen MR) is 139 cm³/mol. The van der Waals surface area contributed by atoms with Crippen molar-refractivity contribution in [3.63, 3.8) is 0 Å². The molecule has 0 saturated carbocycles. The summed E-state index contributed by atoms with van der Waals surface area (Å²) >= 11 is 9.14. The Morgan fingerprint density at radius 1 is 1.12 bits per heavy atom. The summed E-state index contributed by atoms with van der Waals surface area (Å²) in [7, 11) is 1.50. The normalized spacial score (nSPS) is 14.3. The van der Waals surface area contributed by atoms with Crippen LogP contribution in [0.5, 0.6) is 11.5 Å². The second-order valence-corrected chi connectivity index (χ2v) is 9.75. The van der Waals surface area contributed by atoms with Gasteiger partial charge in [-0.25, -0.2) is 14.2 Å². The van der Waals surface area contributed by atoms with Crippen molar-refractivity contribution in [3.8, 4) is 11.5 Å². The van der Waals surface area contributed by atoms with Gasteiger partial charge >= 0.3 is 5.97 Å². The van der Waals surface area contributed by atoms with Gasteiger partial charge in [-0.05, 0) is 102 Å². The molecule has 0 fully saturated rings. The van der Waals surface area contributed by atoms with Crippen LogP contribution in [0.25, 0.3) is 6.08 Å². The molecule has 4 rings (SSSR count). The first-order valence-corrected chi connectivity index (χ1v) is 12.2. The van der Waals surface area contributed by atoms with Gasteiger partial charge < -0.3 is 14.2 Å². The van der Waals surface area contributed by atoms with Crippen LogP contribution >= 0.6 is 54.5 Å². The lowest BCUT2D eigenvalue weighted by Gasteiger charge is -2.14. The molecule has 0 saturated heterocycles. The molecule has 0 aliphatic carbocycles. The maximum atomic E-state index is 13.9. The van der Waals surface area contributed by atoms with Gasteiger partial charge in [0.15, 0.2) is 17.2 Å². The molecule has 0 atom stereocenters. The number of carbonyl (C=O) groups excluding carboxylic acids is 1. The van der Waals surface area contributed by atoms with Gasteiger partial charge in [0.2, 0.25) is 5.90 Å². The smallest absolute Gasteiger partial charge is 0.363 e. The van der Waals surface area contributed by atoms with E-state index in [-0.39, 0.29) is 24.0 Å². The monoisotopic (exact) mass is 685 g/mol. The van der Waals surface area contributed by atoms with Gasteiger partial charge in [-0.3, -0.25) is 0 Å². The fourth-order valence-electron chi connectivity index (χ4n) is 3.05. The Bertz CT molecular complexity index is 1310. The molecule has 0 bridgehead atoms. The quantitative estimate of drug-likeness (QED) is 0.161. The Balaban J connectivity index is 1.60. The van der Waals surface area contributed by atoms with Gasteiger partial charge in [0.1, 0.15) is 12.4 Å². The van der Waals surface area contributed by atoms with Crippen molar-refractivity contribution in [1.82, 2.24) is 0 Å². The number of hydrogen-bond donors (Lipinski definition) is 0. The number of halogens is 4. The fourth-order valence-corrected chi connectivity index (χ4v) is 4.34. The number of nitrogens with zero attached hydrogens (tertiary/aromatic N) is 1. The van der Waals surface area contributed by atoms with Gasteiger partial charge in [0, 0.05) is 19.2 Å². The summed E-state index contributed by atoms with van der Waals surface area (Å²) in [5, 5.41) is 0. The highest BCUT2D eigenvalue weighted by Crippen LogP contribution is 2.38. The van der Waals surface area contributed by atoms with E-state index in [2.05, 4.69) is 59.4 Å². The lowest BCUT2D eigenvalue weighted by molar-refractivity contribution is -0.129. The summed E-state index contributed by atoms with van der Waals surface area (Å²) in [5.41, 5.74) is 1.93. The Kier molecular flexibility index (Phi) is 7.50. The molecule has 3 aromatic carbocycles. The summed E-state index contributed by atoms with van der Waals surface area (Å²) < 4.78 is 33.0. The molecule has 1 heterocycles. The number of cyclic esters (lactones) is 1. The Morgan fingerprint density at radius 2 is 1.91 bits per heavy atom. The molecule has 0 unspecified atom stereocenters. The van der Waals surface area contributed by atoms with E-state index in [0.717, 1.165) is 8.04 Å². The molecule has 1 aliphatic rings. The summed E-state index contributed by atoms with van der Waals surface area (Å²) in [4.78, 5) is 16.7. The SMILES string of the molecule is COc1cc(/C=C2\N=C(c3ccc(I)c(Br)c3)OC2=O)cc(Br)c1OCc1ccccc1F. The highest BCUT2D eigenvalue weighted by molar-refractivity contribution is 14.1. The summed E-state index contributed by atoms with van der Waals surface area (Å²) in [6, 6.07) is 15.4. The highest BCUT2D eigenvalue weighted by atomic mass is 127. The van der Waals surface area contributed by atoms with Crippen molar-refractivity contribution in [1.29, 1.82) is 0 Å². The minimum absolute atomic E-state index is 0.0353. The van der Waals surface area contributed by atoms with Crippen molar-refractivity contribution in [2.45, 2.75) is 6.61 Å². The topological polar surface area (TPSA) is 57.1 Å². The third-order valence-corrected chi connectivity index (χ3v) is 7.60. The summed E-state index contributed by atoms with van der Waals surface area (Å²) in [6.45, 7) is 0.0353. The molecular weight excluding hydrogens is 672 g/mol. The molecule has 9 heteroatoms. The van der Waals surface area contributed by atoms with E-state index in [4.69, 9.17) is 14.2 Å². The third kappa shape index (κ3) is 5.47. The number of ether oxygens (including phenoxy) is 3. The summed E-state index contributed by atoms with van der Waals surface area (Å²) in [6.07, 6.45) is 1.60. The molecule has 168 valence electrons. The average molecular weight is 687 g/mol. The van der Waals surface area contributed by atoms with E-state index < -0.39 is 5.97 Å². The second-order valence-electron chi connectivity index (χ2n) is 6.88. The van der Waals surface area contributed by atoms with Crippen molar-refractivity contribution in [2.75, 3.05) is 7.11 Å². The Labute approximate surface area is 220 Å². The molecular formula is C24H15Br2FINO4. The van der Waals surface area contributed by atoms with Gasteiger partial charge in [-0.2, -0.15) is 0 Å². The van der Waals surface area contributed by atoms with Crippen molar-refractivity contribution < 1.29 is 23.4 Å². The number of carbonyl (C=O) groups is 1. The van der Waals surface area contributed by atoms with Crippen LogP contribution in [0.3, 0.4) is 0 Å². The molecule has 1 aliphatic heterocycles. The zero-order chi connectivity index (χ0) is 23.5. The first-order chi connectivity index (χ1) is 15.9. The van der Waals surface area contributed by atoms with E-state index in [1.807, 2.05) is 18.2 Å². The third-order valence-electron chi connectivity index (χ3n) is 4.67. The molecule has 33 heavy (non-hydrogen) atoms. The predicted octanol–water partition coefficient (Wildman–Crippen LogP) is 6.89. The van der Waals surface area contributed by atoms with E-state index in [1.54, 1.807) is 36.4 Å². The number of benzene rings is 3. The zero-order valence-electron chi connectivity index (χ0n) is 17.1. The van der Waals surface area contributed by atoms with E-state index in [0.29, 0.717) is 32.7 Å². The van der Waals surface area contributed by atoms with Gasteiger partial charge in [-0.15, -0.1) is 0 Å². The minimum Gasteiger partial charge on any atom is -0.493 e. The first kappa shape index (κ1) is 23.9. The number of esters is 1. The lowest BCUT2D eigenvalue weighted by atomic mass is 10.1. The van der Waals surface area contributed by atoms with Crippen LogP contribution in [0, 0.1) is 9.39 Å². The maximum Gasteiger partial charge on any atom is 0.363 e. The lowest BCUT2D eigenvalue weighted by Crippen LogP contribution is -2.05. The van der Waals surface area contributed by atoms with Gasteiger partial charge in [0.25, 0.3) is 0 Å². The van der Waals surface area contributed by atoms with Crippen LogP contribution in [0.1, 0.15) is 16.7 Å². The average Bonchev–Trinajstić information content (AvgIpc) is 3.15. The molecule has 0 aromatic heterocycles. The molecule has 0 amide bonds. The van der Waals surface area contributed by atoms with Crippen LogP contribution in [-0.2, 0) is 16.1 Å². The van der Waals surface area contributed by atoms with Crippen molar-refractivity contribution in [2.24, 2.45) is 4.99 Å². The van der Waals surface area contributed by atoms with Crippen LogP contribution in [0.15, 0.2) is 74.2 Å². The van der Waals surface area contributed by atoms with E-state index >= 15 is 0 Å². The number of aliphatic imine (C=N–C) groups is 1. The van der Waals surface area contributed by atoms with Crippen LogP contribution in [0.2, 0.25) is 0 Å². The second kappa shape index (κ2) is 10.4. The number of rotatable bonds is 6. The van der Waals surface area contributed by atoms with Crippen molar-refractivity contribution >= 4 is 72.4 Å². The Morgan fingerprint density at radius 3 is 2.64 bits per heavy atom. The first-order valence-electron chi connectivity index (χ1n) is 9.57. The van der Waals surface area contributed by atoms with Crippen LogP contribution < -0.4 is 9.47 Å². The molecule has 0 radical (unpaired) electrons.